The molecule has 6 nitrogen and oxygen atoms in total. The highest BCUT2D eigenvalue weighted by atomic mass is 32.1. The summed E-state index contributed by atoms with van der Waals surface area (Å²) in [6.07, 6.45) is 0.496. The summed E-state index contributed by atoms with van der Waals surface area (Å²) in [7, 11) is 0. The molecular formula is C15H20N4O2S. The molecule has 0 aromatic carbocycles. The topological polar surface area (TPSA) is 62.5 Å². The van der Waals surface area contributed by atoms with E-state index < -0.39 is 0 Å². The Hall–Kier alpha value is -1.89. The molecule has 1 aliphatic rings. The van der Waals surface area contributed by atoms with E-state index in [9.17, 15) is 4.79 Å². The Bertz CT molecular complexity index is 615. The predicted octanol–water partition coefficient (Wildman–Crippen LogP) is 2.15. The molecule has 3 heterocycles. The molecule has 7 heteroatoms. The van der Waals surface area contributed by atoms with Crippen molar-refractivity contribution in [3.8, 4) is 0 Å². The van der Waals surface area contributed by atoms with E-state index in [0.29, 0.717) is 31.4 Å². The van der Waals surface area contributed by atoms with Crippen molar-refractivity contribution in [1.82, 2.24) is 15.1 Å². The average Bonchev–Trinajstić information content (AvgIpc) is 3.18. The first-order valence-corrected chi connectivity index (χ1v) is 8.40. The molecule has 0 radical (unpaired) electrons. The fourth-order valence-corrected chi connectivity index (χ4v) is 3.10. The van der Waals surface area contributed by atoms with E-state index in [-0.39, 0.29) is 11.8 Å². The zero-order valence-electron chi connectivity index (χ0n) is 12.9. The van der Waals surface area contributed by atoms with Gasteiger partial charge in [-0.1, -0.05) is 25.0 Å². The molecule has 0 unspecified atom stereocenters. The molecule has 118 valence electrons. The average molecular weight is 320 g/mol. The van der Waals surface area contributed by atoms with Gasteiger partial charge in [-0.2, -0.15) is 0 Å². The predicted molar refractivity (Wildman–Crippen MR) is 85.2 cm³/mol. The van der Waals surface area contributed by atoms with Crippen LogP contribution in [0.5, 0.6) is 0 Å². The summed E-state index contributed by atoms with van der Waals surface area (Å²) >= 11 is 1.63. The van der Waals surface area contributed by atoms with Gasteiger partial charge in [0.1, 0.15) is 0 Å². The Morgan fingerprint density at radius 1 is 1.32 bits per heavy atom. The van der Waals surface area contributed by atoms with E-state index in [2.05, 4.69) is 10.2 Å². The monoisotopic (exact) mass is 320 g/mol. The van der Waals surface area contributed by atoms with Crippen molar-refractivity contribution in [3.63, 3.8) is 0 Å². The van der Waals surface area contributed by atoms with E-state index in [1.807, 2.05) is 41.2 Å². The molecule has 1 amide bonds. The van der Waals surface area contributed by atoms with Gasteiger partial charge in [0.15, 0.2) is 0 Å². The number of aromatic nitrogens is 2. The fraction of sp³-hybridized carbons (Fsp3) is 0.533. The third kappa shape index (κ3) is 3.30. The third-order valence-electron chi connectivity index (χ3n) is 3.73. The molecule has 1 aliphatic heterocycles. The fourth-order valence-electron chi connectivity index (χ4n) is 2.41. The first-order valence-electron chi connectivity index (χ1n) is 7.52. The van der Waals surface area contributed by atoms with E-state index in [0.717, 1.165) is 18.0 Å². The maximum atomic E-state index is 12.3. The minimum absolute atomic E-state index is 0.190. The lowest BCUT2D eigenvalue weighted by Crippen LogP contribution is -2.49. The summed E-state index contributed by atoms with van der Waals surface area (Å²) in [5.74, 6) is 1.08. The number of rotatable bonds is 4. The molecule has 2 aromatic heterocycles. The Kier molecular flexibility index (Phi) is 4.42. The minimum Gasteiger partial charge on any atom is -0.408 e. The molecule has 22 heavy (non-hydrogen) atoms. The molecule has 0 atom stereocenters. The first kappa shape index (κ1) is 15.0. The lowest BCUT2D eigenvalue weighted by Gasteiger charge is -2.33. The number of carbonyl (C=O) groups excluding carboxylic acids is 1. The van der Waals surface area contributed by atoms with Gasteiger partial charge >= 0.3 is 6.01 Å². The molecule has 2 aromatic rings. The zero-order chi connectivity index (χ0) is 15.5. The van der Waals surface area contributed by atoms with Gasteiger partial charge < -0.3 is 14.2 Å². The highest BCUT2D eigenvalue weighted by molar-refractivity contribution is 7.10. The van der Waals surface area contributed by atoms with Gasteiger partial charge in [-0.3, -0.25) is 4.79 Å². The van der Waals surface area contributed by atoms with E-state index in [4.69, 9.17) is 4.42 Å². The van der Waals surface area contributed by atoms with Crippen LogP contribution in [0.3, 0.4) is 0 Å². The molecule has 0 aliphatic carbocycles. The van der Waals surface area contributed by atoms with Gasteiger partial charge in [0.2, 0.25) is 11.8 Å². The van der Waals surface area contributed by atoms with Crippen LogP contribution in [0, 0.1) is 0 Å². The van der Waals surface area contributed by atoms with Gasteiger partial charge in [-0.15, -0.1) is 16.4 Å². The summed E-state index contributed by atoms with van der Waals surface area (Å²) < 4.78 is 5.67. The van der Waals surface area contributed by atoms with E-state index >= 15 is 0 Å². The quantitative estimate of drug-likeness (QED) is 0.864. The summed E-state index contributed by atoms with van der Waals surface area (Å²) in [6, 6.07) is 4.55. The standard InChI is InChI=1S/C15H20N4O2S/c1-11(2)14-16-17-15(21-14)19-7-5-18(6-8-19)13(20)10-12-4-3-9-22-12/h3-4,9,11H,5-8,10H2,1-2H3. The molecule has 1 fully saturated rings. The molecule has 0 spiro atoms. The Morgan fingerprint density at radius 2 is 2.09 bits per heavy atom. The van der Waals surface area contributed by atoms with Crippen LogP contribution in [0.25, 0.3) is 0 Å². The van der Waals surface area contributed by atoms with Gasteiger partial charge in [-0.25, -0.2) is 0 Å². The highest BCUT2D eigenvalue weighted by Gasteiger charge is 2.24. The lowest BCUT2D eigenvalue weighted by atomic mass is 10.2. The van der Waals surface area contributed by atoms with Crippen molar-refractivity contribution in [2.75, 3.05) is 31.1 Å². The van der Waals surface area contributed by atoms with Crippen molar-refractivity contribution in [2.45, 2.75) is 26.2 Å². The summed E-state index contributed by atoms with van der Waals surface area (Å²) in [5.41, 5.74) is 0. The summed E-state index contributed by atoms with van der Waals surface area (Å²) in [6.45, 7) is 6.91. The van der Waals surface area contributed by atoms with Crippen LogP contribution in [0.2, 0.25) is 0 Å². The summed E-state index contributed by atoms with van der Waals surface area (Å²) in [5, 5.41) is 10.2. The van der Waals surface area contributed by atoms with Crippen LogP contribution in [0.4, 0.5) is 6.01 Å². The normalized spacial score (nSPS) is 15.6. The zero-order valence-corrected chi connectivity index (χ0v) is 13.7. The summed E-state index contributed by atoms with van der Waals surface area (Å²) in [4.78, 5) is 17.3. The van der Waals surface area contributed by atoms with Gasteiger partial charge in [-0.05, 0) is 11.4 Å². The van der Waals surface area contributed by atoms with Crippen LogP contribution in [-0.4, -0.2) is 47.2 Å². The van der Waals surface area contributed by atoms with Crippen LogP contribution in [-0.2, 0) is 11.2 Å². The first-order chi connectivity index (χ1) is 10.6. The minimum atomic E-state index is 0.190. The van der Waals surface area contributed by atoms with Crippen molar-refractivity contribution in [3.05, 3.63) is 28.3 Å². The third-order valence-corrected chi connectivity index (χ3v) is 4.61. The van der Waals surface area contributed by atoms with Gasteiger partial charge in [0, 0.05) is 37.0 Å². The van der Waals surface area contributed by atoms with Crippen molar-refractivity contribution < 1.29 is 9.21 Å². The maximum absolute atomic E-state index is 12.3. The molecular weight excluding hydrogens is 300 g/mol. The Labute approximate surface area is 133 Å². The number of hydrogen-bond donors (Lipinski definition) is 0. The number of thiophene rings is 1. The molecule has 0 bridgehead atoms. The number of amides is 1. The van der Waals surface area contributed by atoms with Gasteiger partial charge in [0.25, 0.3) is 0 Å². The second-order valence-electron chi connectivity index (χ2n) is 5.70. The number of carbonyl (C=O) groups is 1. The molecule has 1 saturated heterocycles. The second kappa shape index (κ2) is 6.48. The Morgan fingerprint density at radius 3 is 2.68 bits per heavy atom. The van der Waals surface area contributed by atoms with Crippen LogP contribution < -0.4 is 4.90 Å². The van der Waals surface area contributed by atoms with E-state index in [1.165, 1.54) is 0 Å². The van der Waals surface area contributed by atoms with Crippen molar-refractivity contribution in [1.29, 1.82) is 0 Å². The van der Waals surface area contributed by atoms with Crippen molar-refractivity contribution >= 4 is 23.3 Å². The number of nitrogens with zero attached hydrogens (tertiary/aromatic N) is 4. The SMILES string of the molecule is CC(C)c1nnc(N2CCN(C(=O)Cc3cccs3)CC2)o1. The second-order valence-corrected chi connectivity index (χ2v) is 6.73. The molecule has 0 saturated carbocycles. The van der Waals surface area contributed by atoms with Crippen LogP contribution in [0.15, 0.2) is 21.9 Å². The molecule has 0 N–H and O–H groups in total. The smallest absolute Gasteiger partial charge is 0.318 e. The number of hydrogen-bond acceptors (Lipinski definition) is 6. The molecule has 3 rings (SSSR count). The number of anilines is 1. The number of piperazine rings is 1. The van der Waals surface area contributed by atoms with Crippen LogP contribution >= 0.6 is 11.3 Å². The maximum Gasteiger partial charge on any atom is 0.318 e. The van der Waals surface area contributed by atoms with Crippen molar-refractivity contribution in [2.24, 2.45) is 0 Å². The largest absolute Gasteiger partial charge is 0.408 e. The van der Waals surface area contributed by atoms with Gasteiger partial charge in [0.05, 0.1) is 6.42 Å². The Balaban J connectivity index is 1.54. The highest BCUT2D eigenvalue weighted by Crippen LogP contribution is 2.20. The van der Waals surface area contributed by atoms with Crippen LogP contribution in [0.1, 0.15) is 30.5 Å². The van der Waals surface area contributed by atoms with E-state index in [1.54, 1.807) is 11.3 Å². The lowest BCUT2D eigenvalue weighted by molar-refractivity contribution is -0.130.